The number of fused-ring (bicyclic) bond motifs is 1. The fraction of sp³-hybridized carbons (Fsp3) is 0. The van der Waals surface area contributed by atoms with Crippen molar-refractivity contribution < 1.29 is 4.39 Å². The number of hydrogen-bond acceptors (Lipinski definition) is 2. The molecule has 1 aromatic carbocycles. The second-order valence-corrected chi connectivity index (χ2v) is 4.09. The van der Waals surface area contributed by atoms with Crippen LogP contribution in [0, 0.1) is 5.82 Å². The highest BCUT2D eigenvalue weighted by molar-refractivity contribution is 7.80. The molecule has 0 aliphatic rings. The standard InChI is InChI=1S/C8H4ClFS2/c9-5-3-12-8-4(5)1-2-6(10)7(8)11/h1-3,11H. The molecule has 1 aromatic heterocycles. The Morgan fingerprint density at radius 3 is 2.92 bits per heavy atom. The maximum Gasteiger partial charge on any atom is 0.137 e. The molecule has 62 valence electrons. The van der Waals surface area contributed by atoms with Gasteiger partial charge in [0.2, 0.25) is 0 Å². The zero-order chi connectivity index (χ0) is 8.72. The Labute approximate surface area is 83.4 Å². The normalized spacial score (nSPS) is 10.9. The van der Waals surface area contributed by atoms with Crippen LogP contribution in [-0.4, -0.2) is 0 Å². The molecule has 0 aliphatic carbocycles. The maximum atomic E-state index is 12.9. The largest absolute Gasteiger partial charge is 0.206 e. The molecule has 0 unspecified atom stereocenters. The summed E-state index contributed by atoms with van der Waals surface area (Å²) in [5.74, 6) is -0.302. The highest BCUT2D eigenvalue weighted by Gasteiger charge is 2.07. The molecule has 0 fully saturated rings. The molecular weight excluding hydrogens is 215 g/mol. The minimum Gasteiger partial charge on any atom is -0.206 e. The summed E-state index contributed by atoms with van der Waals surface area (Å²) in [4.78, 5) is 0.379. The second-order valence-electron chi connectivity index (χ2n) is 2.36. The molecule has 0 aliphatic heterocycles. The van der Waals surface area contributed by atoms with Gasteiger partial charge in [0.1, 0.15) is 5.82 Å². The second kappa shape index (κ2) is 2.91. The van der Waals surface area contributed by atoms with Crippen molar-refractivity contribution in [2.45, 2.75) is 4.90 Å². The van der Waals surface area contributed by atoms with Crippen LogP contribution in [0.5, 0.6) is 0 Å². The lowest BCUT2D eigenvalue weighted by molar-refractivity contribution is 0.607. The van der Waals surface area contributed by atoms with Gasteiger partial charge < -0.3 is 0 Å². The summed E-state index contributed by atoms with van der Waals surface area (Å²) in [7, 11) is 0. The Bertz CT molecular complexity index is 436. The van der Waals surface area contributed by atoms with Crippen LogP contribution in [0.1, 0.15) is 0 Å². The summed E-state index contributed by atoms with van der Waals surface area (Å²) < 4.78 is 13.8. The summed E-state index contributed by atoms with van der Waals surface area (Å²) in [5.41, 5.74) is 0. The molecule has 0 spiro atoms. The third-order valence-corrected chi connectivity index (χ3v) is 3.66. The van der Waals surface area contributed by atoms with Crippen LogP contribution in [0.25, 0.3) is 10.1 Å². The lowest BCUT2D eigenvalue weighted by atomic mass is 10.2. The lowest BCUT2D eigenvalue weighted by Crippen LogP contribution is -1.75. The van der Waals surface area contributed by atoms with Gasteiger partial charge in [0.25, 0.3) is 0 Å². The number of halogens is 2. The van der Waals surface area contributed by atoms with E-state index in [1.165, 1.54) is 17.4 Å². The van der Waals surface area contributed by atoms with Crippen molar-refractivity contribution in [2.75, 3.05) is 0 Å². The molecule has 0 saturated heterocycles. The summed E-state index contributed by atoms with van der Waals surface area (Å²) in [6, 6.07) is 3.05. The molecule has 4 heteroatoms. The van der Waals surface area contributed by atoms with Crippen molar-refractivity contribution in [1.82, 2.24) is 0 Å². The van der Waals surface area contributed by atoms with Crippen LogP contribution < -0.4 is 0 Å². The Hall–Kier alpha value is -0.250. The number of benzene rings is 1. The van der Waals surface area contributed by atoms with Crippen molar-refractivity contribution >= 4 is 45.7 Å². The van der Waals surface area contributed by atoms with E-state index in [-0.39, 0.29) is 5.82 Å². The number of thiol groups is 1. The van der Waals surface area contributed by atoms with E-state index >= 15 is 0 Å². The molecule has 2 rings (SSSR count). The first-order chi connectivity index (χ1) is 5.70. The van der Waals surface area contributed by atoms with Gasteiger partial charge in [-0.1, -0.05) is 11.6 Å². The van der Waals surface area contributed by atoms with Crippen LogP contribution >= 0.6 is 35.6 Å². The van der Waals surface area contributed by atoms with E-state index in [2.05, 4.69) is 12.6 Å². The van der Waals surface area contributed by atoms with Crippen LogP contribution in [0.2, 0.25) is 5.02 Å². The van der Waals surface area contributed by atoms with Gasteiger partial charge in [0.15, 0.2) is 0 Å². The minimum atomic E-state index is -0.302. The predicted molar refractivity (Wildman–Crippen MR) is 54.0 cm³/mol. The monoisotopic (exact) mass is 218 g/mol. The van der Waals surface area contributed by atoms with E-state index in [1.807, 2.05) is 0 Å². The van der Waals surface area contributed by atoms with Gasteiger partial charge in [-0.25, -0.2) is 4.39 Å². The Kier molecular flexibility index (Phi) is 2.02. The average Bonchev–Trinajstić information content (AvgIpc) is 2.41. The molecular formula is C8H4ClFS2. The van der Waals surface area contributed by atoms with Gasteiger partial charge in [-0.05, 0) is 12.1 Å². The van der Waals surface area contributed by atoms with Gasteiger partial charge in [-0.3, -0.25) is 0 Å². The zero-order valence-electron chi connectivity index (χ0n) is 5.84. The third-order valence-electron chi connectivity index (χ3n) is 1.62. The number of thiophene rings is 1. The quantitative estimate of drug-likeness (QED) is 0.636. The number of hydrogen-bond donors (Lipinski definition) is 1. The summed E-state index contributed by atoms with van der Waals surface area (Å²) in [6.07, 6.45) is 0. The lowest BCUT2D eigenvalue weighted by Gasteiger charge is -1.95. The maximum absolute atomic E-state index is 12.9. The van der Waals surface area contributed by atoms with E-state index in [0.29, 0.717) is 9.92 Å². The Morgan fingerprint density at radius 2 is 2.17 bits per heavy atom. The van der Waals surface area contributed by atoms with E-state index in [1.54, 1.807) is 11.4 Å². The van der Waals surface area contributed by atoms with E-state index in [4.69, 9.17) is 11.6 Å². The molecule has 0 radical (unpaired) electrons. The molecule has 0 nitrogen and oxygen atoms in total. The minimum absolute atomic E-state index is 0.302. The van der Waals surface area contributed by atoms with Gasteiger partial charge in [-0.2, -0.15) is 0 Å². The Morgan fingerprint density at radius 1 is 1.42 bits per heavy atom. The fourth-order valence-corrected chi connectivity index (χ4v) is 2.59. The molecule has 0 saturated carbocycles. The van der Waals surface area contributed by atoms with Gasteiger partial charge >= 0.3 is 0 Å². The van der Waals surface area contributed by atoms with Crippen LogP contribution in [0.4, 0.5) is 4.39 Å². The van der Waals surface area contributed by atoms with E-state index < -0.39 is 0 Å². The van der Waals surface area contributed by atoms with Gasteiger partial charge in [0, 0.05) is 10.8 Å². The molecule has 2 aromatic rings. The molecule has 0 amide bonds. The van der Waals surface area contributed by atoms with E-state index in [9.17, 15) is 4.39 Å². The Balaban J connectivity index is 2.93. The number of rotatable bonds is 0. The summed E-state index contributed by atoms with van der Waals surface area (Å²) >= 11 is 11.3. The van der Waals surface area contributed by atoms with Crippen LogP contribution in [-0.2, 0) is 0 Å². The smallest absolute Gasteiger partial charge is 0.137 e. The van der Waals surface area contributed by atoms with Crippen LogP contribution in [0.3, 0.4) is 0 Å². The zero-order valence-corrected chi connectivity index (χ0v) is 8.31. The average molecular weight is 219 g/mol. The van der Waals surface area contributed by atoms with Crippen molar-refractivity contribution in [1.29, 1.82) is 0 Å². The molecule has 1 heterocycles. The van der Waals surface area contributed by atoms with Crippen molar-refractivity contribution in [3.63, 3.8) is 0 Å². The molecule has 0 atom stereocenters. The topological polar surface area (TPSA) is 0 Å². The van der Waals surface area contributed by atoms with Crippen LogP contribution in [0.15, 0.2) is 22.4 Å². The third kappa shape index (κ3) is 1.13. The van der Waals surface area contributed by atoms with Crippen molar-refractivity contribution in [3.8, 4) is 0 Å². The summed E-state index contributed by atoms with van der Waals surface area (Å²) in [5, 5.41) is 3.31. The van der Waals surface area contributed by atoms with E-state index in [0.717, 1.165) is 10.1 Å². The van der Waals surface area contributed by atoms with Gasteiger partial charge in [0.05, 0.1) is 14.6 Å². The van der Waals surface area contributed by atoms with Gasteiger partial charge in [-0.15, -0.1) is 24.0 Å². The predicted octanol–water partition coefficient (Wildman–Crippen LogP) is 3.98. The first-order valence-corrected chi connectivity index (χ1v) is 4.95. The fourth-order valence-electron chi connectivity index (χ4n) is 1.03. The highest BCUT2D eigenvalue weighted by Crippen LogP contribution is 2.35. The molecule has 0 bridgehead atoms. The molecule has 12 heavy (non-hydrogen) atoms. The van der Waals surface area contributed by atoms with Crippen molar-refractivity contribution in [2.24, 2.45) is 0 Å². The SMILES string of the molecule is Fc1ccc2c(Cl)csc2c1S. The van der Waals surface area contributed by atoms with Crippen molar-refractivity contribution in [3.05, 3.63) is 28.4 Å². The molecule has 0 N–H and O–H groups in total. The summed E-state index contributed by atoms with van der Waals surface area (Å²) in [6.45, 7) is 0. The first-order valence-electron chi connectivity index (χ1n) is 3.24. The first kappa shape index (κ1) is 8.35. The highest BCUT2D eigenvalue weighted by atomic mass is 35.5.